The van der Waals surface area contributed by atoms with Gasteiger partial charge in [0.05, 0.1) is 11.7 Å². The van der Waals surface area contributed by atoms with Crippen molar-refractivity contribution in [3.63, 3.8) is 0 Å². The summed E-state index contributed by atoms with van der Waals surface area (Å²) in [5.41, 5.74) is -0.0930. The highest BCUT2D eigenvalue weighted by Gasteiger charge is 2.63. The van der Waals surface area contributed by atoms with Crippen LogP contribution in [0.25, 0.3) is 0 Å². The van der Waals surface area contributed by atoms with Crippen molar-refractivity contribution < 1.29 is 9.84 Å². The van der Waals surface area contributed by atoms with Crippen LogP contribution in [0, 0.1) is 11.8 Å². The van der Waals surface area contributed by atoms with Crippen molar-refractivity contribution in [2.75, 3.05) is 6.61 Å². The smallest absolute Gasteiger partial charge is 0.0972 e. The zero-order valence-corrected chi connectivity index (χ0v) is 7.92. The summed E-state index contributed by atoms with van der Waals surface area (Å²) >= 11 is 0. The molecule has 0 aromatic heterocycles. The quantitative estimate of drug-likeness (QED) is 0.696. The molecule has 0 unspecified atom stereocenters. The Morgan fingerprint density at radius 3 is 2.67 bits per heavy atom. The van der Waals surface area contributed by atoms with Crippen LogP contribution in [-0.2, 0) is 4.74 Å². The Morgan fingerprint density at radius 2 is 2.25 bits per heavy atom. The van der Waals surface area contributed by atoms with Crippen LogP contribution >= 0.6 is 0 Å². The topological polar surface area (TPSA) is 29.5 Å². The predicted octanol–water partition coefficient (Wildman–Crippen LogP) is 1.57. The van der Waals surface area contributed by atoms with Gasteiger partial charge in [-0.25, -0.2) is 0 Å². The van der Waals surface area contributed by atoms with E-state index in [4.69, 9.17) is 4.74 Å². The molecule has 0 spiro atoms. The number of aliphatic hydroxyl groups excluding tert-OH is 1. The van der Waals surface area contributed by atoms with Crippen LogP contribution in [0.5, 0.6) is 0 Å². The van der Waals surface area contributed by atoms with Crippen LogP contribution in [0.3, 0.4) is 0 Å². The lowest BCUT2D eigenvalue weighted by Crippen LogP contribution is -2.30. The average molecular weight is 170 g/mol. The summed E-state index contributed by atoms with van der Waals surface area (Å²) in [4.78, 5) is 0. The average Bonchev–Trinajstić information content (AvgIpc) is 2.65. The van der Waals surface area contributed by atoms with E-state index in [2.05, 4.69) is 13.8 Å². The van der Waals surface area contributed by atoms with Crippen molar-refractivity contribution in [1.82, 2.24) is 0 Å². The highest BCUT2D eigenvalue weighted by molar-refractivity contribution is 5.14. The van der Waals surface area contributed by atoms with E-state index in [-0.39, 0.29) is 11.7 Å². The van der Waals surface area contributed by atoms with Crippen molar-refractivity contribution >= 4 is 0 Å². The SMILES string of the molecule is CC(C)CO[C@@]12C[C@@H]1CC[C@H]2O. The van der Waals surface area contributed by atoms with Crippen molar-refractivity contribution in [2.45, 2.75) is 44.8 Å². The maximum Gasteiger partial charge on any atom is 0.0972 e. The Hall–Kier alpha value is -0.0800. The molecule has 0 aliphatic heterocycles. The molecule has 0 amide bonds. The van der Waals surface area contributed by atoms with E-state index in [1.807, 2.05) is 0 Å². The zero-order valence-electron chi connectivity index (χ0n) is 7.92. The normalized spacial score (nSPS) is 45.0. The maximum absolute atomic E-state index is 9.68. The largest absolute Gasteiger partial charge is 0.390 e. The molecule has 2 heteroatoms. The standard InChI is InChI=1S/C10H18O2/c1-7(2)6-12-10-5-8(10)3-4-9(10)11/h7-9,11H,3-6H2,1-2H3/t8-,9+,10-/m0/s1. The zero-order chi connectivity index (χ0) is 8.77. The summed E-state index contributed by atoms with van der Waals surface area (Å²) in [6.45, 7) is 5.10. The van der Waals surface area contributed by atoms with E-state index in [9.17, 15) is 5.11 Å². The van der Waals surface area contributed by atoms with E-state index >= 15 is 0 Å². The number of aliphatic hydroxyl groups is 1. The molecule has 0 bridgehead atoms. The molecule has 2 aliphatic carbocycles. The summed E-state index contributed by atoms with van der Waals surface area (Å²) in [5, 5.41) is 9.68. The Kier molecular flexibility index (Phi) is 1.92. The van der Waals surface area contributed by atoms with E-state index in [0.29, 0.717) is 11.8 Å². The van der Waals surface area contributed by atoms with Crippen LogP contribution < -0.4 is 0 Å². The first-order valence-corrected chi connectivity index (χ1v) is 4.97. The van der Waals surface area contributed by atoms with Gasteiger partial charge in [0.25, 0.3) is 0 Å². The minimum atomic E-state index is -0.179. The first-order chi connectivity index (χ1) is 5.65. The lowest BCUT2D eigenvalue weighted by atomic mass is 10.2. The van der Waals surface area contributed by atoms with Crippen LogP contribution in [0.1, 0.15) is 33.1 Å². The molecule has 1 N–H and O–H groups in total. The molecule has 0 saturated heterocycles. The van der Waals surface area contributed by atoms with Gasteiger partial charge in [-0.3, -0.25) is 0 Å². The number of hydrogen-bond acceptors (Lipinski definition) is 2. The van der Waals surface area contributed by atoms with E-state index < -0.39 is 0 Å². The molecule has 0 heterocycles. The van der Waals surface area contributed by atoms with Gasteiger partial charge in [0.15, 0.2) is 0 Å². The fourth-order valence-corrected chi connectivity index (χ4v) is 2.28. The van der Waals surface area contributed by atoms with Crippen LogP contribution in [0.15, 0.2) is 0 Å². The van der Waals surface area contributed by atoms with Gasteiger partial charge in [0, 0.05) is 6.61 Å². The molecule has 0 radical (unpaired) electrons. The van der Waals surface area contributed by atoms with E-state index in [0.717, 1.165) is 19.4 Å². The molecular weight excluding hydrogens is 152 g/mol. The Labute approximate surface area is 73.9 Å². The minimum absolute atomic E-state index is 0.0930. The molecular formula is C10H18O2. The molecule has 70 valence electrons. The maximum atomic E-state index is 9.68. The van der Waals surface area contributed by atoms with Gasteiger partial charge in [-0.2, -0.15) is 0 Å². The van der Waals surface area contributed by atoms with Gasteiger partial charge in [0.1, 0.15) is 0 Å². The second kappa shape index (κ2) is 2.71. The molecule has 2 saturated carbocycles. The third-order valence-electron chi connectivity index (χ3n) is 3.13. The lowest BCUT2D eigenvalue weighted by molar-refractivity contribution is -0.0591. The molecule has 12 heavy (non-hydrogen) atoms. The molecule has 3 atom stereocenters. The van der Waals surface area contributed by atoms with E-state index in [1.165, 1.54) is 6.42 Å². The summed E-state index contributed by atoms with van der Waals surface area (Å²) < 4.78 is 5.79. The van der Waals surface area contributed by atoms with Gasteiger partial charge in [-0.05, 0) is 31.1 Å². The molecule has 2 fully saturated rings. The van der Waals surface area contributed by atoms with Crippen molar-refractivity contribution in [3.8, 4) is 0 Å². The molecule has 0 aromatic rings. The van der Waals surface area contributed by atoms with Crippen LogP contribution in [-0.4, -0.2) is 23.4 Å². The van der Waals surface area contributed by atoms with Crippen molar-refractivity contribution in [1.29, 1.82) is 0 Å². The second-order valence-corrected chi connectivity index (χ2v) is 4.65. The van der Waals surface area contributed by atoms with Crippen LogP contribution in [0.2, 0.25) is 0 Å². The fourth-order valence-electron chi connectivity index (χ4n) is 2.28. The van der Waals surface area contributed by atoms with Crippen molar-refractivity contribution in [3.05, 3.63) is 0 Å². The highest BCUT2D eigenvalue weighted by atomic mass is 16.5. The Balaban J connectivity index is 1.87. The van der Waals surface area contributed by atoms with Gasteiger partial charge in [-0.1, -0.05) is 13.8 Å². The number of rotatable bonds is 3. The summed E-state index contributed by atoms with van der Waals surface area (Å²) in [7, 11) is 0. The summed E-state index contributed by atoms with van der Waals surface area (Å²) in [6, 6.07) is 0. The van der Waals surface area contributed by atoms with Gasteiger partial charge < -0.3 is 9.84 Å². The van der Waals surface area contributed by atoms with Gasteiger partial charge in [-0.15, -0.1) is 0 Å². The number of hydrogen-bond donors (Lipinski definition) is 1. The minimum Gasteiger partial charge on any atom is -0.390 e. The molecule has 2 nitrogen and oxygen atoms in total. The highest BCUT2D eigenvalue weighted by Crippen LogP contribution is 2.58. The predicted molar refractivity (Wildman–Crippen MR) is 46.9 cm³/mol. The first-order valence-electron chi connectivity index (χ1n) is 4.97. The first kappa shape index (κ1) is 8.52. The third-order valence-corrected chi connectivity index (χ3v) is 3.13. The van der Waals surface area contributed by atoms with Gasteiger partial charge >= 0.3 is 0 Å². The van der Waals surface area contributed by atoms with E-state index in [1.54, 1.807) is 0 Å². The third kappa shape index (κ3) is 1.17. The monoisotopic (exact) mass is 170 g/mol. The molecule has 2 rings (SSSR count). The lowest BCUT2D eigenvalue weighted by Gasteiger charge is -2.20. The number of fused-ring (bicyclic) bond motifs is 1. The summed E-state index contributed by atoms with van der Waals surface area (Å²) in [5.74, 6) is 1.25. The van der Waals surface area contributed by atoms with Gasteiger partial charge in [0.2, 0.25) is 0 Å². The summed E-state index contributed by atoms with van der Waals surface area (Å²) in [6.07, 6.45) is 3.03. The molecule has 0 aromatic carbocycles. The fraction of sp³-hybridized carbons (Fsp3) is 1.00. The molecule has 2 aliphatic rings. The Morgan fingerprint density at radius 1 is 1.50 bits per heavy atom. The van der Waals surface area contributed by atoms with Crippen molar-refractivity contribution in [2.24, 2.45) is 11.8 Å². The second-order valence-electron chi connectivity index (χ2n) is 4.65. The Bertz CT molecular complexity index is 179. The van der Waals surface area contributed by atoms with Crippen LogP contribution in [0.4, 0.5) is 0 Å². The number of ether oxygens (including phenoxy) is 1.